The second-order valence-electron chi connectivity index (χ2n) is 10.7. The van der Waals surface area contributed by atoms with Crippen LogP contribution in [-0.2, 0) is 30.5 Å². The van der Waals surface area contributed by atoms with E-state index in [9.17, 15) is 34.8 Å². The molecule has 0 radical (unpaired) electrons. The average molecular weight is 527 g/mol. The fourth-order valence-electron chi connectivity index (χ4n) is 3.69. The van der Waals surface area contributed by atoms with Crippen molar-refractivity contribution >= 4 is 23.5 Å². The summed E-state index contributed by atoms with van der Waals surface area (Å²) in [6.45, 7) is 9.71. The van der Waals surface area contributed by atoms with Crippen LogP contribution in [-0.4, -0.2) is 68.5 Å². The van der Waals surface area contributed by atoms with Gasteiger partial charge in [0.05, 0.1) is 11.1 Å². The molecule has 5 atom stereocenters. The Balaban J connectivity index is 2.34. The van der Waals surface area contributed by atoms with E-state index in [1.54, 1.807) is 33.8 Å². The van der Waals surface area contributed by atoms with Crippen LogP contribution >= 0.6 is 0 Å². The highest BCUT2D eigenvalue weighted by Gasteiger charge is 2.54. The van der Waals surface area contributed by atoms with Gasteiger partial charge in [0.2, 0.25) is 5.91 Å². The van der Waals surface area contributed by atoms with E-state index in [1.807, 2.05) is 0 Å². The zero-order chi connectivity index (χ0) is 29.0. The molecule has 0 bridgehead atoms. The molecule has 11 nitrogen and oxygen atoms in total. The summed E-state index contributed by atoms with van der Waals surface area (Å²) in [5.74, 6) is -3.99. The Labute approximate surface area is 218 Å². The average Bonchev–Trinajstić information content (AvgIpc) is 2.80. The third-order valence-corrected chi connectivity index (χ3v) is 6.37. The van der Waals surface area contributed by atoms with Gasteiger partial charge in [0.15, 0.2) is 6.29 Å². The van der Waals surface area contributed by atoms with Crippen LogP contribution in [0.1, 0.15) is 61.8 Å². The monoisotopic (exact) mass is 526 g/mol. The minimum Gasteiger partial charge on any atom is -0.485 e. The molecular weight excluding hydrogens is 486 g/mol. The Hall–Kier alpha value is -2.73. The molecule has 5 N–H and O–H groups in total. The van der Waals surface area contributed by atoms with Crippen LogP contribution in [0, 0.1) is 17.3 Å². The molecular formula is C26H39NO10. The minimum atomic E-state index is -1.83. The van der Waals surface area contributed by atoms with Crippen molar-refractivity contribution in [1.29, 1.82) is 0 Å². The second kappa shape index (κ2) is 11.8. The standard InChI is InChI=1S/C26H39NO10/c1-8-25(4,5)24(34)35-12-14-9-10-15(11-16(14)27-21(30)13(2)3)37-26(6,7)20-17(22(31)32)18(28)19(29)23(33)36-20/h9-11,13,17-20,23,28-29,33H,8,12H2,1-7H3,(H,27,30)(H,31,32)/i1D. The van der Waals surface area contributed by atoms with Gasteiger partial charge in [-0.05, 0) is 46.2 Å². The number of aliphatic carboxylic acids is 1. The van der Waals surface area contributed by atoms with Crippen molar-refractivity contribution < 1.29 is 50.4 Å². The summed E-state index contributed by atoms with van der Waals surface area (Å²) in [4.78, 5) is 36.9. The summed E-state index contributed by atoms with van der Waals surface area (Å²) in [6, 6.07) is 4.60. The highest BCUT2D eigenvalue weighted by molar-refractivity contribution is 5.93. The maximum atomic E-state index is 12.5. The molecule has 1 aliphatic rings. The number of aliphatic hydroxyl groups excluding tert-OH is 3. The Morgan fingerprint density at radius 2 is 1.78 bits per heavy atom. The first-order valence-electron chi connectivity index (χ1n) is 12.7. The van der Waals surface area contributed by atoms with E-state index in [-0.39, 0.29) is 31.1 Å². The Morgan fingerprint density at radius 3 is 2.35 bits per heavy atom. The summed E-state index contributed by atoms with van der Waals surface area (Å²) in [5, 5.41) is 42.6. The summed E-state index contributed by atoms with van der Waals surface area (Å²) in [7, 11) is 0. The number of nitrogens with one attached hydrogen (secondary N) is 1. The first-order valence-corrected chi connectivity index (χ1v) is 12.0. The van der Waals surface area contributed by atoms with Gasteiger partial charge in [-0.15, -0.1) is 0 Å². The Bertz CT molecular complexity index is 1010. The molecule has 1 heterocycles. The molecule has 2 rings (SSSR count). The fourth-order valence-corrected chi connectivity index (χ4v) is 3.69. The highest BCUT2D eigenvalue weighted by atomic mass is 16.6. The van der Waals surface area contributed by atoms with Gasteiger partial charge in [-0.25, -0.2) is 0 Å². The molecule has 0 saturated carbocycles. The van der Waals surface area contributed by atoms with Gasteiger partial charge in [0.1, 0.15) is 42.2 Å². The van der Waals surface area contributed by atoms with Crippen LogP contribution in [0.2, 0.25) is 0 Å². The molecule has 208 valence electrons. The number of aliphatic hydroxyl groups is 3. The maximum Gasteiger partial charge on any atom is 0.312 e. The number of ether oxygens (including phenoxy) is 3. The molecule has 37 heavy (non-hydrogen) atoms. The van der Waals surface area contributed by atoms with Crippen molar-refractivity contribution in [1.82, 2.24) is 0 Å². The normalized spacial score (nSPS) is 24.8. The Kier molecular flexibility index (Phi) is 9.17. The van der Waals surface area contributed by atoms with Crippen molar-refractivity contribution in [2.75, 3.05) is 5.32 Å². The van der Waals surface area contributed by atoms with Crippen molar-refractivity contribution in [3.05, 3.63) is 23.8 Å². The van der Waals surface area contributed by atoms with Gasteiger partial charge >= 0.3 is 11.9 Å². The topological polar surface area (TPSA) is 172 Å². The van der Waals surface area contributed by atoms with Crippen LogP contribution in [0.15, 0.2) is 18.2 Å². The van der Waals surface area contributed by atoms with Crippen LogP contribution in [0.25, 0.3) is 0 Å². The molecule has 0 aliphatic carbocycles. The van der Waals surface area contributed by atoms with E-state index in [1.165, 1.54) is 26.0 Å². The number of rotatable bonds is 10. The number of carboxylic acid groups (broad SMARTS) is 1. The zero-order valence-corrected chi connectivity index (χ0v) is 22.1. The predicted octanol–water partition coefficient (Wildman–Crippen LogP) is 2.06. The van der Waals surface area contributed by atoms with Crippen LogP contribution in [0.5, 0.6) is 5.75 Å². The van der Waals surface area contributed by atoms with E-state index >= 15 is 0 Å². The summed E-state index contributed by atoms with van der Waals surface area (Å²) in [5.41, 5.74) is -1.50. The summed E-state index contributed by atoms with van der Waals surface area (Å²) < 4.78 is 24.2. The lowest BCUT2D eigenvalue weighted by Crippen LogP contribution is -2.63. The quantitative estimate of drug-likeness (QED) is 0.284. The molecule has 1 aliphatic heterocycles. The van der Waals surface area contributed by atoms with Crippen LogP contribution < -0.4 is 10.1 Å². The molecule has 5 unspecified atom stereocenters. The van der Waals surface area contributed by atoms with E-state index in [0.717, 1.165) is 0 Å². The summed E-state index contributed by atoms with van der Waals surface area (Å²) >= 11 is 0. The first kappa shape index (κ1) is 28.8. The SMILES string of the molecule is [2H]CCC(C)(C)C(=O)OCc1ccc(OC(C)(C)C2OC(O)C(O)C(O)C2C(=O)O)cc1NC(=O)C(C)C. The van der Waals surface area contributed by atoms with E-state index < -0.39 is 53.5 Å². The lowest BCUT2D eigenvalue weighted by atomic mass is 9.81. The number of carbonyl (C=O) groups excluding carboxylic acids is 2. The highest BCUT2D eigenvalue weighted by Crippen LogP contribution is 2.36. The van der Waals surface area contributed by atoms with Crippen molar-refractivity contribution in [2.45, 2.75) is 91.7 Å². The summed E-state index contributed by atoms with van der Waals surface area (Å²) in [6.07, 6.45) is -6.48. The third kappa shape index (κ3) is 7.19. The van der Waals surface area contributed by atoms with Crippen molar-refractivity contribution in [3.8, 4) is 5.75 Å². The van der Waals surface area contributed by atoms with Crippen LogP contribution in [0.3, 0.4) is 0 Å². The fraction of sp³-hybridized carbons (Fsp3) is 0.654. The van der Waals surface area contributed by atoms with Gasteiger partial charge < -0.3 is 40.0 Å². The molecule has 11 heteroatoms. The largest absolute Gasteiger partial charge is 0.485 e. The molecule has 1 aromatic rings. The zero-order valence-electron chi connectivity index (χ0n) is 23.1. The molecule has 0 aromatic heterocycles. The second-order valence-corrected chi connectivity index (χ2v) is 10.7. The van der Waals surface area contributed by atoms with Gasteiger partial charge in [-0.3, -0.25) is 14.4 Å². The van der Waals surface area contributed by atoms with E-state index in [2.05, 4.69) is 5.32 Å². The van der Waals surface area contributed by atoms with Crippen molar-refractivity contribution in [2.24, 2.45) is 17.3 Å². The smallest absolute Gasteiger partial charge is 0.312 e. The number of esters is 1. The van der Waals surface area contributed by atoms with Gasteiger partial charge in [-0.2, -0.15) is 0 Å². The molecule has 1 amide bonds. The molecule has 1 fully saturated rings. The maximum absolute atomic E-state index is 12.5. The van der Waals surface area contributed by atoms with Crippen molar-refractivity contribution in [3.63, 3.8) is 0 Å². The van der Waals surface area contributed by atoms with Gasteiger partial charge in [0, 0.05) is 18.9 Å². The number of hydrogen-bond acceptors (Lipinski definition) is 9. The number of carbonyl (C=O) groups is 3. The first-order chi connectivity index (χ1) is 17.5. The number of hydrogen-bond donors (Lipinski definition) is 5. The van der Waals surface area contributed by atoms with E-state index in [0.29, 0.717) is 17.7 Å². The predicted molar refractivity (Wildman–Crippen MR) is 133 cm³/mol. The number of amides is 1. The lowest BCUT2D eigenvalue weighted by molar-refractivity contribution is -0.291. The number of benzene rings is 1. The van der Waals surface area contributed by atoms with Gasteiger partial charge in [-0.1, -0.05) is 20.7 Å². The number of carboxylic acids is 1. The molecule has 1 saturated heterocycles. The lowest BCUT2D eigenvalue weighted by Gasteiger charge is -2.45. The molecule has 0 spiro atoms. The van der Waals surface area contributed by atoms with E-state index in [4.69, 9.17) is 15.6 Å². The minimum absolute atomic E-state index is 0.0695. The Morgan fingerprint density at radius 1 is 1.14 bits per heavy atom. The van der Waals surface area contributed by atoms with Gasteiger partial charge in [0.25, 0.3) is 0 Å². The number of anilines is 1. The molecule has 1 aromatic carbocycles. The van der Waals surface area contributed by atoms with Crippen LogP contribution in [0.4, 0.5) is 5.69 Å². The third-order valence-electron chi connectivity index (χ3n) is 6.37.